The van der Waals surface area contributed by atoms with Crippen LogP contribution in [0.25, 0.3) is 33.8 Å². The summed E-state index contributed by atoms with van der Waals surface area (Å²) in [7, 11) is 0. The third-order valence-corrected chi connectivity index (χ3v) is 4.87. The van der Waals surface area contributed by atoms with Gasteiger partial charge in [0.1, 0.15) is 11.6 Å². The van der Waals surface area contributed by atoms with E-state index in [-0.39, 0.29) is 0 Å². The molecule has 3 heterocycles. The number of rotatable bonds is 3. The fourth-order valence-electron chi connectivity index (χ4n) is 3.61. The van der Waals surface area contributed by atoms with E-state index in [1.807, 2.05) is 18.3 Å². The molecule has 0 unspecified atom stereocenters. The van der Waals surface area contributed by atoms with Crippen LogP contribution in [0, 0.1) is 0 Å². The summed E-state index contributed by atoms with van der Waals surface area (Å²) in [6.45, 7) is 2.29. The highest BCUT2D eigenvalue weighted by Crippen LogP contribution is 2.31. The Bertz CT molecular complexity index is 1010. The van der Waals surface area contributed by atoms with Gasteiger partial charge in [-0.1, -0.05) is 24.3 Å². The number of nitrogens with one attached hydrogen (secondary N) is 2. The molecule has 4 aromatic rings. The Labute approximate surface area is 145 Å². The molecule has 1 saturated heterocycles. The number of hydrogen-bond donors (Lipinski definition) is 2. The molecule has 0 bridgehead atoms. The van der Waals surface area contributed by atoms with Crippen molar-refractivity contribution >= 4 is 16.7 Å². The Morgan fingerprint density at radius 2 is 1.72 bits per heavy atom. The number of fused-ring (bicyclic) bond motifs is 1. The van der Waals surface area contributed by atoms with Gasteiger partial charge in [-0.05, 0) is 31.0 Å². The number of imidazole rings is 2. The summed E-state index contributed by atoms with van der Waals surface area (Å²) in [5, 5.41) is 0. The third-order valence-electron chi connectivity index (χ3n) is 4.87. The maximum absolute atomic E-state index is 4.81. The van der Waals surface area contributed by atoms with Crippen LogP contribution >= 0.6 is 0 Å². The number of H-pyrrole nitrogens is 2. The number of aromatic amines is 2. The molecule has 2 aromatic carbocycles. The second-order valence-electron chi connectivity index (χ2n) is 6.46. The minimum atomic E-state index is 0.855. The Kier molecular flexibility index (Phi) is 3.30. The van der Waals surface area contributed by atoms with Crippen LogP contribution in [0.15, 0.2) is 54.9 Å². The molecule has 124 valence electrons. The van der Waals surface area contributed by atoms with Gasteiger partial charge in [0.15, 0.2) is 0 Å². The summed E-state index contributed by atoms with van der Waals surface area (Å²) in [6.07, 6.45) is 6.17. The lowest BCUT2D eigenvalue weighted by atomic mass is 10.1. The van der Waals surface area contributed by atoms with E-state index in [2.05, 4.69) is 50.2 Å². The Morgan fingerprint density at radius 1 is 0.920 bits per heavy atom. The van der Waals surface area contributed by atoms with Gasteiger partial charge in [0.25, 0.3) is 0 Å². The zero-order chi connectivity index (χ0) is 16.6. The quantitative estimate of drug-likeness (QED) is 0.591. The maximum Gasteiger partial charge on any atom is 0.139 e. The van der Waals surface area contributed by atoms with Crippen molar-refractivity contribution in [2.24, 2.45) is 0 Å². The van der Waals surface area contributed by atoms with Crippen LogP contribution in [-0.2, 0) is 0 Å². The molecular formula is C20H19N5. The number of benzene rings is 2. The van der Waals surface area contributed by atoms with E-state index in [0.29, 0.717) is 0 Å². The average Bonchev–Trinajstić information content (AvgIpc) is 3.42. The molecule has 1 aliphatic heterocycles. The molecule has 5 nitrogen and oxygen atoms in total. The molecule has 0 saturated carbocycles. The standard InChI is InChI=1S/C20H19N5/c1-2-6-16(15(5-1)19-21-9-10-22-19)20-23-17-8-7-14(13-18(17)24-20)25-11-3-4-12-25/h1-2,5-10,13H,3-4,11-12H2,(H,21,22)(H,23,24). The monoisotopic (exact) mass is 329 g/mol. The predicted octanol–water partition coefficient (Wildman–Crippen LogP) is 4.22. The van der Waals surface area contributed by atoms with Crippen molar-refractivity contribution in [3.05, 3.63) is 54.9 Å². The summed E-state index contributed by atoms with van der Waals surface area (Å²) in [4.78, 5) is 18.3. The van der Waals surface area contributed by atoms with Crippen LogP contribution in [0.1, 0.15) is 12.8 Å². The summed E-state index contributed by atoms with van der Waals surface area (Å²) in [5.41, 5.74) is 5.45. The van der Waals surface area contributed by atoms with Gasteiger partial charge in [-0.2, -0.15) is 0 Å². The lowest BCUT2D eigenvalue weighted by molar-refractivity contribution is 0.949. The number of anilines is 1. The van der Waals surface area contributed by atoms with E-state index >= 15 is 0 Å². The minimum Gasteiger partial charge on any atom is -0.371 e. The smallest absolute Gasteiger partial charge is 0.139 e. The maximum atomic E-state index is 4.81. The zero-order valence-corrected chi connectivity index (χ0v) is 13.9. The molecule has 25 heavy (non-hydrogen) atoms. The van der Waals surface area contributed by atoms with E-state index in [0.717, 1.165) is 46.9 Å². The first kappa shape index (κ1) is 14.3. The number of aromatic nitrogens is 4. The second kappa shape index (κ2) is 5.77. The Balaban J connectivity index is 1.60. The number of nitrogens with zero attached hydrogens (tertiary/aromatic N) is 3. The first-order chi connectivity index (χ1) is 12.4. The molecular weight excluding hydrogens is 310 g/mol. The van der Waals surface area contributed by atoms with Crippen LogP contribution in [0.4, 0.5) is 5.69 Å². The third kappa shape index (κ3) is 2.48. The van der Waals surface area contributed by atoms with E-state index in [1.54, 1.807) is 6.20 Å². The lowest BCUT2D eigenvalue weighted by Crippen LogP contribution is -2.17. The summed E-state index contributed by atoms with van der Waals surface area (Å²) >= 11 is 0. The van der Waals surface area contributed by atoms with Crippen molar-refractivity contribution < 1.29 is 0 Å². The largest absolute Gasteiger partial charge is 0.371 e. The van der Waals surface area contributed by atoms with Crippen molar-refractivity contribution in [3.8, 4) is 22.8 Å². The van der Waals surface area contributed by atoms with Gasteiger partial charge in [0.05, 0.1) is 11.0 Å². The highest BCUT2D eigenvalue weighted by atomic mass is 15.1. The molecule has 0 aliphatic carbocycles. The van der Waals surface area contributed by atoms with Crippen molar-refractivity contribution in [1.82, 2.24) is 19.9 Å². The van der Waals surface area contributed by atoms with Crippen LogP contribution in [0.5, 0.6) is 0 Å². The second-order valence-corrected chi connectivity index (χ2v) is 6.46. The first-order valence-electron chi connectivity index (χ1n) is 8.72. The average molecular weight is 329 g/mol. The van der Waals surface area contributed by atoms with Gasteiger partial charge in [-0.25, -0.2) is 9.97 Å². The zero-order valence-electron chi connectivity index (χ0n) is 13.9. The van der Waals surface area contributed by atoms with Gasteiger partial charge in [0, 0.05) is 42.3 Å². The first-order valence-corrected chi connectivity index (χ1v) is 8.72. The van der Waals surface area contributed by atoms with E-state index in [9.17, 15) is 0 Å². The van der Waals surface area contributed by atoms with Gasteiger partial charge < -0.3 is 14.9 Å². The van der Waals surface area contributed by atoms with Crippen molar-refractivity contribution in [3.63, 3.8) is 0 Å². The van der Waals surface area contributed by atoms with Crippen molar-refractivity contribution in [2.45, 2.75) is 12.8 Å². The van der Waals surface area contributed by atoms with Crippen LogP contribution in [-0.4, -0.2) is 33.0 Å². The minimum absolute atomic E-state index is 0.855. The highest BCUT2D eigenvalue weighted by molar-refractivity contribution is 5.86. The van der Waals surface area contributed by atoms with Crippen molar-refractivity contribution in [2.75, 3.05) is 18.0 Å². The molecule has 0 amide bonds. The van der Waals surface area contributed by atoms with Crippen LogP contribution in [0.3, 0.4) is 0 Å². The van der Waals surface area contributed by atoms with E-state index < -0.39 is 0 Å². The Morgan fingerprint density at radius 3 is 2.48 bits per heavy atom. The van der Waals surface area contributed by atoms with E-state index in [1.165, 1.54) is 18.5 Å². The Hall–Kier alpha value is -3.08. The van der Waals surface area contributed by atoms with Gasteiger partial charge in [0.2, 0.25) is 0 Å². The molecule has 2 aromatic heterocycles. The fraction of sp³-hybridized carbons (Fsp3) is 0.200. The normalized spacial score (nSPS) is 14.5. The lowest BCUT2D eigenvalue weighted by Gasteiger charge is -2.17. The summed E-state index contributed by atoms with van der Waals surface area (Å²) < 4.78 is 0. The molecule has 1 aliphatic rings. The molecule has 0 radical (unpaired) electrons. The fourth-order valence-corrected chi connectivity index (χ4v) is 3.61. The molecule has 0 atom stereocenters. The van der Waals surface area contributed by atoms with Gasteiger partial charge >= 0.3 is 0 Å². The van der Waals surface area contributed by atoms with Crippen LogP contribution in [0.2, 0.25) is 0 Å². The molecule has 0 spiro atoms. The summed E-state index contributed by atoms with van der Waals surface area (Å²) in [5.74, 6) is 1.73. The molecule has 2 N–H and O–H groups in total. The van der Waals surface area contributed by atoms with Gasteiger partial charge in [-0.3, -0.25) is 0 Å². The molecule has 5 rings (SSSR count). The molecule has 1 fully saturated rings. The topological polar surface area (TPSA) is 60.6 Å². The number of hydrogen-bond acceptors (Lipinski definition) is 3. The highest BCUT2D eigenvalue weighted by Gasteiger charge is 2.15. The molecule has 5 heteroatoms. The van der Waals surface area contributed by atoms with E-state index in [4.69, 9.17) is 4.98 Å². The predicted molar refractivity (Wildman–Crippen MR) is 101 cm³/mol. The summed E-state index contributed by atoms with van der Waals surface area (Å²) in [6, 6.07) is 14.7. The van der Waals surface area contributed by atoms with Crippen molar-refractivity contribution in [1.29, 1.82) is 0 Å². The van der Waals surface area contributed by atoms with Crippen LogP contribution < -0.4 is 4.90 Å². The van der Waals surface area contributed by atoms with Gasteiger partial charge in [-0.15, -0.1) is 0 Å². The SMILES string of the molecule is c1ccc(-c2nc3ccc(N4CCCC4)cc3[nH]2)c(-c2ncc[nH]2)c1.